The number of alkyl halides is 3. The van der Waals surface area contributed by atoms with Gasteiger partial charge in [-0.15, -0.1) is 0 Å². The normalized spacial score (nSPS) is 23.4. The lowest BCUT2D eigenvalue weighted by atomic mass is 9.98. The fourth-order valence-electron chi connectivity index (χ4n) is 5.39. The van der Waals surface area contributed by atoms with Crippen LogP contribution in [-0.4, -0.2) is 48.6 Å². The van der Waals surface area contributed by atoms with Gasteiger partial charge in [0.2, 0.25) is 5.91 Å². The summed E-state index contributed by atoms with van der Waals surface area (Å²) in [6.07, 6.45) is -2.12. The number of carbonyl (C=O) groups is 2. The van der Waals surface area contributed by atoms with E-state index in [9.17, 15) is 45.1 Å². The quantitative estimate of drug-likeness (QED) is 0.492. The van der Waals surface area contributed by atoms with Gasteiger partial charge >= 0.3 is 6.18 Å². The Bertz CT molecular complexity index is 1460. The number of aliphatic hydroxyl groups excluding tert-OH is 1. The smallest absolute Gasteiger partial charge is 0.392 e. The van der Waals surface area contributed by atoms with Crippen molar-refractivity contribution in [2.75, 3.05) is 6.26 Å². The van der Waals surface area contributed by atoms with Crippen LogP contribution >= 0.6 is 0 Å². The van der Waals surface area contributed by atoms with Crippen LogP contribution in [0, 0.1) is 23.5 Å². The highest BCUT2D eigenvalue weighted by Gasteiger charge is 2.56. The molecule has 3 aliphatic rings. The lowest BCUT2D eigenvalue weighted by Gasteiger charge is -2.30. The second kappa shape index (κ2) is 9.54. The molecule has 2 saturated carbocycles. The third-order valence-electron chi connectivity index (χ3n) is 7.67. The maximum absolute atomic E-state index is 14.8. The maximum Gasteiger partial charge on any atom is 0.419 e. The van der Waals surface area contributed by atoms with Crippen LogP contribution in [-0.2, 0) is 27.4 Å². The number of amides is 2. The van der Waals surface area contributed by atoms with E-state index in [4.69, 9.17) is 0 Å². The molecule has 1 saturated heterocycles. The maximum atomic E-state index is 14.8. The zero-order chi connectivity index (χ0) is 28.4. The molecule has 210 valence electrons. The van der Waals surface area contributed by atoms with Crippen LogP contribution in [0.3, 0.4) is 0 Å². The van der Waals surface area contributed by atoms with Gasteiger partial charge in [-0.3, -0.25) is 9.59 Å². The number of fused-ring (bicyclic) bond motifs is 1. The first-order chi connectivity index (χ1) is 18.2. The molecule has 5 rings (SSSR count). The number of rotatable bonds is 7. The van der Waals surface area contributed by atoms with Gasteiger partial charge in [-0.05, 0) is 67.3 Å². The van der Waals surface area contributed by atoms with Gasteiger partial charge in [0.25, 0.3) is 5.91 Å². The molecule has 13 heteroatoms. The number of carbonyl (C=O) groups excluding carboxylic acids is 2. The Morgan fingerprint density at radius 3 is 2.38 bits per heavy atom. The number of benzene rings is 2. The number of halogens is 5. The molecule has 2 N–H and O–H groups in total. The second-order valence-corrected chi connectivity index (χ2v) is 12.5. The molecule has 1 aliphatic heterocycles. The van der Waals surface area contributed by atoms with Gasteiger partial charge in [0.1, 0.15) is 17.7 Å². The van der Waals surface area contributed by atoms with E-state index >= 15 is 0 Å². The minimum Gasteiger partial charge on any atom is -0.392 e. The number of nitrogens with one attached hydrogen (secondary N) is 1. The number of nitrogens with zero attached hydrogens (tertiary/aromatic N) is 1. The average Bonchev–Trinajstić information content (AvgIpc) is 3.79. The predicted molar refractivity (Wildman–Crippen MR) is 127 cm³/mol. The molecule has 2 aromatic rings. The Morgan fingerprint density at radius 2 is 1.79 bits per heavy atom. The zero-order valence-corrected chi connectivity index (χ0v) is 21.5. The van der Waals surface area contributed by atoms with Crippen molar-refractivity contribution >= 4 is 21.7 Å². The largest absolute Gasteiger partial charge is 0.419 e. The highest BCUT2D eigenvalue weighted by molar-refractivity contribution is 7.90. The van der Waals surface area contributed by atoms with Crippen molar-refractivity contribution in [2.45, 2.75) is 61.5 Å². The number of likely N-dealkylation sites (tertiary alicyclic amines) is 1. The number of hydrogen-bond acceptors (Lipinski definition) is 5. The molecule has 2 amide bonds. The minimum atomic E-state index is -5.09. The van der Waals surface area contributed by atoms with Gasteiger partial charge in [-0.2, -0.15) is 13.2 Å². The first kappa shape index (κ1) is 27.5. The van der Waals surface area contributed by atoms with Crippen molar-refractivity contribution in [2.24, 2.45) is 11.8 Å². The van der Waals surface area contributed by atoms with Crippen LogP contribution < -0.4 is 5.32 Å². The van der Waals surface area contributed by atoms with E-state index in [-0.39, 0.29) is 46.4 Å². The molecule has 7 nitrogen and oxygen atoms in total. The van der Waals surface area contributed by atoms with Gasteiger partial charge in [-0.25, -0.2) is 17.2 Å². The Balaban J connectivity index is 1.43. The number of aliphatic hydroxyl groups is 1. The molecule has 1 heterocycles. The van der Waals surface area contributed by atoms with E-state index in [1.807, 2.05) is 0 Å². The number of piperidine rings is 1. The lowest BCUT2D eigenvalue weighted by Crippen LogP contribution is -2.49. The Hall–Kier alpha value is -3.06. The summed E-state index contributed by atoms with van der Waals surface area (Å²) in [4.78, 5) is 28.2. The van der Waals surface area contributed by atoms with Crippen LogP contribution in [0.1, 0.15) is 58.8 Å². The van der Waals surface area contributed by atoms with Crippen LogP contribution in [0.4, 0.5) is 22.0 Å². The topological polar surface area (TPSA) is 104 Å². The van der Waals surface area contributed by atoms with Gasteiger partial charge in [-0.1, -0.05) is 6.07 Å². The third-order valence-corrected chi connectivity index (χ3v) is 8.78. The molecule has 0 spiro atoms. The van der Waals surface area contributed by atoms with Crippen molar-refractivity contribution < 1.29 is 45.1 Å². The molecular weight excluding hydrogens is 547 g/mol. The summed E-state index contributed by atoms with van der Waals surface area (Å²) in [6.45, 7) is -0.549. The molecule has 3 fully saturated rings. The summed E-state index contributed by atoms with van der Waals surface area (Å²) in [7, 11) is -3.68. The molecular formula is C26H25F5N2O5S. The second-order valence-electron chi connectivity index (χ2n) is 10.5. The van der Waals surface area contributed by atoms with Crippen LogP contribution in [0.2, 0.25) is 0 Å². The predicted octanol–water partition coefficient (Wildman–Crippen LogP) is 3.75. The summed E-state index contributed by atoms with van der Waals surface area (Å²) in [5.74, 6) is -4.57. The van der Waals surface area contributed by atoms with Crippen molar-refractivity contribution in [1.82, 2.24) is 10.2 Å². The summed E-state index contributed by atoms with van der Waals surface area (Å²) in [5, 5.41) is 12.4. The Kier molecular flexibility index (Phi) is 6.73. The van der Waals surface area contributed by atoms with E-state index in [2.05, 4.69) is 5.32 Å². The number of sulfone groups is 1. The standard InChI is InChI=1S/C26H25F5N2O5S/c1-39(37,38)15-5-4-13(11-34)16(8-15)25(36)33-21-6-14(21)7-22(33)24(35)32-23(12-2-3-12)17-9-20(28)18(10-19(17)27)26(29,30)31/h4-5,8-10,12,14,21-23,34H,2-3,6-7,11H2,1H3,(H,32,35)/t14?,21-,22-,23-/m1/s1. The Morgan fingerprint density at radius 1 is 1.10 bits per heavy atom. The van der Waals surface area contributed by atoms with Gasteiger partial charge in [0.15, 0.2) is 9.84 Å². The average molecular weight is 573 g/mol. The minimum absolute atomic E-state index is 0.0139. The molecule has 1 unspecified atom stereocenters. The van der Waals surface area contributed by atoms with Crippen molar-refractivity contribution in [3.63, 3.8) is 0 Å². The molecule has 0 radical (unpaired) electrons. The van der Waals surface area contributed by atoms with Gasteiger partial charge < -0.3 is 15.3 Å². The fraction of sp³-hybridized carbons (Fsp3) is 0.462. The summed E-state index contributed by atoms with van der Waals surface area (Å²) >= 11 is 0. The lowest BCUT2D eigenvalue weighted by molar-refractivity contribution is -0.140. The van der Waals surface area contributed by atoms with E-state index < -0.39 is 69.3 Å². The summed E-state index contributed by atoms with van der Waals surface area (Å²) in [5.41, 5.74) is -2.04. The van der Waals surface area contributed by atoms with Crippen molar-refractivity contribution in [1.29, 1.82) is 0 Å². The van der Waals surface area contributed by atoms with Crippen LogP contribution in [0.25, 0.3) is 0 Å². The van der Waals surface area contributed by atoms with Crippen molar-refractivity contribution in [3.05, 3.63) is 64.2 Å². The molecule has 0 aromatic heterocycles. The van der Waals surface area contributed by atoms with E-state index in [1.165, 1.54) is 17.0 Å². The molecule has 0 bridgehead atoms. The Labute approximate surface area is 220 Å². The van der Waals surface area contributed by atoms with Crippen molar-refractivity contribution in [3.8, 4) is 0 Å². The highest BCUT2D eigenvalue weighted by atomic mass is 32.2. The molecule has 2 aliphatic carbocycles. The summed E-state index contributed by atoms with van der Waals surface area (Å²) < 4.78 is 92.3. The first-order valence-corrected chi connectivity index (χ1v) is 14.2. The fourth-order valence-corrected chi connectivity index (χ4v) is 6.04. The van der Waals surface area contributed by atoms with Gasteiger partial charge in [0, 0.05) is 23.4 Å². The number of hydrogen-bond donors (Lipinski definition) is 2. The first-order valence-electron chi connectivity index (χ1n) is 12.3. The van der Waals surface area contributed by atoms with Crippen LogP contribution in [0.5, 0.6) is 0 Å². The monoisotopic (exact) mass is 572 g/mol. The zero-order valence-electron chi connectivity index (χ0n) is 20.6. The van der Waals surface area contributed by atoms with E-state index in [0.717, 1.165) is 12.3 Å². The van der Waals surface area contributed by atoms with E-state index in [0.29, 0.717) is 25.3 Å². The van der Waals surface area contributed by atoms with Crippen LogP contribution in [0.15, 0.2) is 35.2 Å². The molecule has 4 atom stereocenters. The molecule has 39 heavy (non-hydrogen) atoms. The SMILES string of the molecule is CS(=O)(=O)c1ccc(CO)c(C(=O)N2[C@@H](C(=O)N[C@@H](c3cc(F)c(C(F)(F)F)cc3F)C3CC3)CC3C[C@H]32)c1. The highest BCUT2D eigenvalue weighted by Crippen LogP contribution is 2.49. The third kappa shape index (κ3) is 5.25. The summed E-state index contributed by atoms with van der Waals surface area (Å²) in [6, 6.07) is 1.89. The molecule has 2 aromatic carbocycles. The van der Waals surface area contributed by atoms with Gasteiger partial charge in [0.05, 0.1) is 23.1 Å². The van der Waals surface area contributed by atoms with E-state index in [1.54, 1.807) is 0 Å².